The average molecular weight is 334 g/mol. The first-order chi connectivity index (χ1) is 12.1. The van der Waals surface area contributed by atoms with Crippen molar-refractivity contribution in [2.45, 2.75) is 26.3 Å². The Morgan fingerprint density at radius 3 is 2.56 bits per heavy atom. The number of nitrogens with zero attached hydrogens (tertiary/aromatic N) is 3. The molecule has 1 aromatic carbocycles. The second kappa shape index (κ2) is 7.91. The van der Waals surface area contributed by atoms with Gasteiger partial charge in [-0.05, 0) is 62.2 Å². The summed E-state index contributed by atoms with van der Waals surface area (Å²) in [6, 6.07) is 13.6. The fraction of sp³-hybridized carbons (Fsp3) is 0.350. The van der Waals surface area contributed by atoms with E-state index >= 15 is 0 Å². The van der Waals surface area contributed by atoms with Crippen molar-refractivity contribution in [2.75, 3.05) is 18.4 Å². The molecule has 0 unspecified atom stereocenters. The smallest absolute Gasteiger partial charge is 0.228 e. The maximum Gasteiger partial charge on any atom is 0.228 e. The molecule has 0 radical (unpaired) electrons. The largest absolute Gasteiger partial charge is 0.310 e. The summed E-state index contributed by atoms with van der Waals surface area (Å²) in [6.07, 6.45) is 3.47. The molecular weight excluding hydrogens is 312 g/mol. The van der Waals surface area contributed by atoms with Crippen LogP contribution in [-0.2, 0) is 11.3 Å². The Balaban J connectivity index is 1.48. The normalized spacial score (nSPS) is 15.5. The maximum atomic E-state index is 12.4. The quantitative estimate of drug-likeness (QED) is 0.933. The number of hydrogen-bond donors (Lipinski definition) is 1. The molecule has 3 rings (SSSR count). The van der Waals surface area contributed by atoms with Gasteiger partial charge < -0.3 is 5.32 Å². The molecule has 0 bridgehead atoms. The summed E-state index contributed by atoms with van der Waals surface area (Å²) in [6.45, 7) is 4.64. The molecule has 0 saturated carbocycles. The van der Waals surface area contributed by atoms with E-state index in [9.17, 15) is 4.79 Å². The van der Waals surface area contributed by atoms with Crippen LogP contribution < -0.4 is 5.32 Å². The van der Waals surface area contributed by atoms with Crippen LogP contribution in [0.1, 0.15) is 29.5 Å². The van der Waals surface area contributed by atoms with Gasteiger partial charge in [-0.3, -0.25) is 9.69 Å². The number of nitrogens with one attached hydrogen (secondary N) is 1. The molecule has 1 amide bonds. The Bertz CT molecular complexity index is 754. The summed E-state index contributed by atoms with van der Waals surface area (Å²) in [5, 5.41) is 11.8. The molecule has 1 aliphatic rings. The number of nitriles is 1. The second-order valence-corrected chi connectivity index (χ2v) is 6.57. The van der Waals surface area contributed by atoms with Crippen LogP contribution in [0, 0.1) is 24.2 Å². The Hall–Kier alpha value is -2.71. The van der Waals surface area contributed by atoms with Gasteiger partial charge in [0.15, 0.2) is 0 Å². The van der Waals surface area contributed by atoms with E-state index in [0.717, 1.165) is 38.0 Å². The lowest BCUT2D eigenvalue weighted by Crippen LogP contribution is -2.37. The highest BCUT2D eigenvalue weighted by Crippen LogP contribution is 2.20. The van der Waals surface area contributed by atoms with Crippen molar-refractivity contribution in [1.29, 1.82) is 5.26 Å². The molecule has 1 N–H and O–H groups in total. The topological polar surface area (TPSA) is 69.0 Å². The molecule has 25 heavy (non-hydrogen) atoms. The number of anilines is 1. The molecule has 1 fully saturated rings. The molecule has 5 nitrogen and oxygen atoms in total. The minimum atomic E-state index is 0.0420. The zero-order valence-corrected chi connectivity index (χ0v) is 14.4. The van der Waals surface area contributed by atoms with Crippen LogP contribution in [0.5, 0.6) is 0 Å². The molecule has 1 aromatic heterocycles. The van der Waals surface area contributed by atoms with E-state index in [-0.39, 0.29) is 11.8 Å². The monoisotopic (exact) mass is 334 g/mol. The van der Waals surface area contributed by atoms with Crippen molar-refractivity contribution in [3.8, 4) is 6.07 Å². The van der Waals surface area contributed by atoms with E-state index in [1.54, 1.807) is 6.20 Å². The predicted octanol–water partition coefficient (Wildman–Crippen LogP) is 3.11. The van der Waals surface area contributed by atoms with Crippen molar-refractivity contribution in [2.24, 2.45) is 5.92 Å². The molecule has 2 heterocycles. The van der Waals surface area contributed by atoms with E-state index < -0.39 is 0 Å². The third-order valence-corrected chi connectivity index (χ3v) is 4.61. The Labute approximate surface area is 148 Å². The Morgan fingerprint density at radius 2 is 1.96 bits per heavy atom. The molecule has 128 valence electrons. The number of likely N-dealkylation sites (tertiary alicyclic amines) is 1. The van der Waals surface area contributed by atoms with Gasteiger partial charge in [-0.1, -0.05) is 18.2 Å². The van der Waals surface area contributed by atoms with E-state index in [4.69, 9.17) is 5.26 Å². The number of rotatable bonds is 4. The summed E-state index contributed by atoms with van der Waals surface area (Å²) < 4.78 is 0. The van der Waals surface area contributed by atoms with Crippen LogP contribution in [0.2, 0.25) is 0 Å². The molecule has 0 atom stereocenters. The first kappa shape index (κ1) is 17.1. The average Bonchev–Trinajstić information content (AvgIpc) is 2.65. The van der Waals surface area contributed by atoms with Crippen LogP contribution >= 0.6 is 0 Å². The molecule has 0 aliphatic carbocycles. The van der Waals surface area contributed by atoms with Crippen molar-refractivity contribution in [3.63, 3.8) is 0 Å². The maximum absolute atomic E-state index is 12.4. The lowest BCUT2D eigenvalue weighted by Gasteiger charge is -2.31. The van der Waals surface area contributed by atoms with Gasteiger partial charge in [0.25, 0.3) is 0 Å². The highest BCUT2D eigenvalue weighted by molar-refractivity contribution is 5.91. The Kier molecular flexibility index (Phi) is 5.42. The Morgan fingerprint density at radius 1 is 1.24 bits per heavy atom. The van der Waals surface area contributed by atoms with E-state index in [1.807, 2.05) is 43.3 Å². The van der Waals surface area contributed by atoms with Crippen molar-refractivity contribution < 1.29 is 4.79 Å². The number of benzene rings is 1. The third-order valence-electron chi connectivity index (χ3n) is 4.61. The minimum absolute atomic E-state index is 0.0420. The summed E-state index contributed by atoms with van der Waals surface area (Å²) in [5.41, 5.74) is 2.96. The van der Waals surface area contributed by atoms with E-state index in [2.05, 4.69) is 21.3 Å². The van der Waals surface area contributed by atoms with Gasteiger partial charge in [0.05, 0.1) is 11.6 Å². The van der Waals surface area contributed by atoms with Crippen LogP contribution in [0.15, 0.2) is 42.6 Å². The molecule has 1 aliphatic heterocycles. The van der Waals surface area contributed by atoms with Crippen LogP contribution in [0.3, 0.4) is 0 Å². The van der Waals surface area contributed by atoms with Crippen LogP contribution in [0.25, 0.3) is 0 Å². The van der Waals surface area contributed by atoms with E-state index in [1.165, 1.54) is 5.56 Å². The number of carbonyl (C=O) groups excluding carboxylic acids is 1. The highest BCUT2D eigenvalue weighted by Gasteiger charge is 2.25. The first-order valence-corrected chi connectivity index (χ1v) is 8.59. The standard InChI is InChI=1S/C20H22N4O/c1-15-2-7-19(22-13-15)23-20(25)18-8-10-24(11-9-18)14-17-5-3-16(12-21)4-6-17/h2-7,13,18H,8-11,14H2,1H3,(H,22,23,25). The lowest BCUT2D eigenvalue weighted by atomic mass is 9.95. The van der Waals surface area contributed by atoms with Crippen LogP contribution in [0.4, 0.5) is 5.82 Å². The summed E-state index contributed by atoms with van der Waals surface area (Å²) in [4.78, 5) is 19.0. The molecular formula is C20H22N4O. The number of aromatic nitrogens is 1. The summed E-state index contributed by atoms with van der Waals surface area (Å²) in [5.74, 6) is 0.727. The van der Waals surface area contributed by atoms with Crippen molar-refractivity contribution in [1.82, 2.24) is 9.88 Å². The molecule has 2 aromatic rings. The van der Waals surface area contributed by atoms with Gasteiger partial charge in [0, 0.05) is 18.7 Å². The van der Waals surface area contributed by atoms with Gasteiger partial charge in [0.1, 0.15) is 5.82 Å². The van der Waals surface area contributed by atoms with Crippen molar-refractivity contribution >= 4 is 11.7 Å². The summed E-state index contributed by atoms with van der Waals surface area (Å²) >= 11 is 0. The number of piperidine rings is 1. The van der Waals surface area contributed by atoms with E-state index in [0.29, 0.717) is 11.4 Å². The molecule has 5 heteroatoms. The number of amides is 1. The highest BCUT2D eigenvalue weighted by atomic mass is 16.1. The predicted molar refractivity (Wildman–Crippen MR) is 96.8 cm³/mol. The number of pyridine rings is 1. The fourth-order valence-corrected chi connectivity index (χ4v) is 3.07. The SMILES string of the molecule is Cc1ccc(NC(=O)C2CCN(Cc3ccc(C#N)cc3)CC2)nc1. The molecule has 0 spiro atoms. The zero-order valence-electron chi connectivity index (χ0n) is 14.4. The third kappa shape index (κ3) is 4.65. The summed E-state index contributed by atoms with van der Waals surface area (Å²) in [7, 11) is 0. The van der Waals surface area contributed by atoms with Gasteiger partial charge in [-0.2, -0.15) is 5.26 Å². The second-order valence-electron chi connectivity index (χ2n) is 6.57. The number of carbonyl (C=O) groups is 1. The van der Waals surface area contributed by atoms with Gasteiger partial charge in [-0.25, -0.2) is 4.98 Å². The fourth-order valence-electron chi connectivity index (χ4n) is 3.07. The zero-order chi connectivity index (χ0) is 17.6. The minimum Gasteiger partial charge on any atom is -0.310 e. The van der Waals surface area contributed by atoms with Gasteiger partial charge in [-0.15, -0.1) is 0 Å². The lowest BCUT2D eigenvalue weighted by molar-refractivity contribution is -0.121. The molecule has 1 saturated heterocycles. The van der Waals surface area contributed by atoms with Crippen LogP contribution in [-0.4, -0.2) is 28.9 Å². The number of hydrogen-bond acceptors (Lipinski definition) is 4. The first-order valence-electron chi connectivity index (χ1n) is 8.59. The van der Waals surface area contributed by atoms with Gasteiger partial charge >= 0.3 is 0 Å². The van der Waals surface area contributed by atoms with Crippen molar-refractivity contribution in [3.05, 3.63) is 59.3 Å². The number of aryl methyl sites for hydroxylation is 1. The van der Waals surface area contributed by atoms with Gasteiger partial charge in [0.2, 0.25) is 5.91 Å².